The number of benzene rings is 1. The maximum atomic E-state index is 8.97. The molecule has 1 aromatic rings. The van der Waals surface area contributed by atoms with E-state index in [-0.39, 0.29) is 6.61 Å². The summed E-state index contributed by atoms with van der Waals surface area (Å²) in [7, 11) is 0. The van der Waals surface area contributed by atoms with Crippen LogP contribution in [0.4, 0.5) is 0 Å². The van der Waals surface area contributed by atoms with Gasteiger partial charge in [-0.3, -0.25) is 0 Å². The molecule has 76 valence electrons. The number of aliphatic hydroxyl groups excluding tert-OH is 1. The van der Waals surface area contributed by atoms with Crippen molar-refractivity contribution in [1.82, 2.24) is 0 Å². The number of hydrogen-bond acceptors (Lipinski definition) is 4. The number of nitrogens with two attached hydrogens (primary N) is 1. The third kappa shape index (κ3) is 1.54. The molecule has 14 heavy (non-hydrogen) atoms. The van der Waals surface area contributed by atoms with Gasteiger partial charge in [0.25, 0.3) is 0 Å². The van der Waals surface area contributed by atoms with Crippen LogP contribution < -0.4 is 15.2 Å². The fourth-order valence-electron chi connectivity index (χ4n) is 1.49. The minimum Gasteiger partial charge on any atom is -0.486 e. The Morgan fingerprint density at radius 2 is 2.14 bits per heavy atom. The first kappa shape index (κ1) is 9.30. The molecule has 4 nitrogen and oxygen atoms in total. The van der Waals surface area contributed by atoms with Gasteiger partial charge in [0, 0.05) is 5.56 Å². The van der Waals surface area contributed by atoms with Crippen molar-refractivity contribution in [1.29, 1.82) is 0 Å². The zero-order valence-corrected chi connectivity index (χ0v) is 7.77. The minimum absolute atomic E-state index is 0.0974. The molecule has 0 spiro atoms. The number of fused-ring (bicyclic) bond motifs is 1. The molecule has 4 heteroatoms. The van der Waals surface area contributed by atoms with Gasteiger partial charge in [0.2, 0.25) is 0 Å². The topological polar surface area (TPSA) is 64.7 Å². The molecule has 0 bridgehead atoms. The molecule has 0 saturated heterocycles. The molecular weight excluding hydrogens is 182 g/mol. The van der Waals surface area contributed by atoms with E-state index in [9.17, 15) is 0 Å². The summed E-state index contributed by atoms with van der Waals surface area (Å²) in [4.78, 5) is 0. The first-order chi connectivity index (χ1) is 6.83. The molecule has 0 saturated carbocycles. The van der Waals surface area contributed by atoms with Crippen LogP contribution in [0, 0.1) is 0 Å². The van der Waals surface area contributed by atoms with Gasteiger partial charge in [-0.05, 0) is 6.07 Å². The van der Waals surface area contributed by atoms with Gasteiger partial charge in [-0.25, -0.2) is 0 Å². The van der Waals surface area contributed by atoms with Gasteiger partial charge in [0.1, 0.15) is 13.2 Å². The van der Waals surface area contributed by atoms with E-state index in [1.54, 1.807) is 0 Å². The van der Waals surface area contributed by atoms with E-state index in [0.29, 0.717) is 24.7 Å². The first-order valence-electron chi connectivity index (χ1n) is 4.58. The van der Waals surface area contributed by atoms with E-state index in [1.165, 1.54) is 0 Å². The molecule has 0 aliphatic carbocycles. The molecule has 1 heterocycles. The highest BCUT2D eigenvalue weighted by atomic mass is 16.6. The van der Waals surface area contributed by atoms with Gasteiger partial charge in [-0.15, -0.1) is 0 Å². The van der Waals surface area contributed by atoms with Crippen molar-refractivity contribution in [3.8, 4) is 11.5 Å². The van der Waals surface area contributed by atoms with Gasteiger partial charge >= 0.3 is 0 Å². The second-order valence-corrected chi connectivity index (χ2v) is 3.16. The lowest BCUT2D eigenvalue weighted by atomic mass is 10.1. The van der Waals surface area contributed by atoms with Gasteiger partial charge in [-0.2, -0.15) is 0 Å². The predicted molar refractivity (Wildman–Crippen MR) is 51.4 cm³/mol. The molecule has 1 atom stereocenters. The molecule has 0 unspecified atom stereocenters. The second-order valence-electron chi connectivity index (χ2n) is 3.16. The van der Waals surface area contributed by atoms with Crippen molar-refractivity contribution in [2.45, 2.75) is 6.04 Å². The SMILES string of the molecule is N[C@H](CO)c1cccc2c1OCCO2. The quantitative estimate of drug-likeness (QED) is 0.719. The molecule has 0 radical (unpaired) electrons. The third-order valence-electron chi connectivity index (χ3n) is 2.19. The van der Waals surface area contributed by atoms with Gasteiger partial charge < -0.3 is 20.3 Å². The van der Waals surface area contributed by atoms with Crippen LogP contribution in [0.15, 0.2) is 18.2 Å². The number of para-hydroxylation sites is 1. The lowest BCUT2D eigenvalue weighted by Crippen LogP contribution is -2.21. The Labute approximate surface area is 82.2 Å². The van der Waals surface area contributed by atoms with Crippen molar-refractivity contribution in [3.63, 3.8) is 0 Å². The van der Waals surface area contributed by atoms with Crippen LogP contribution >= 0.6 is 0 Å². The third-order valence-corrected chi connectivity index (χ3v) is 2.19. The fraction of sp³-hybridized carbons (Fsp3) is 0.400. The summed E-state index contributed by atoms with van der Waals surface area (Å²) in [5.74, 6) is 1.37. The Morgan fingerprint density at radius 3 is 2.93 bits per heavy atom. The van der Waals surface area contributed by atoms with Gasteiger partial charge in [0.05, 0.1) is 12.6 Å². The van der Waals surface area contributed by atoms with E-state index in [4.69, 9.17) is 20.3 Å². The van der Waals surface area contributed by atoms with Crippen LogP contribution in [0.25, 0.3) is 0 Å². The highest BCUT2D eigenvalue weighted by Gasteiger charge is 2.18. The lowest BCUT2D eigenvalue weighted by Gasteiger charge is -2.22. The van der Waals surface area contributed by atoms with Crippen molar-refractivity contribution < 1.29 is 14.6 Å². The van der Waals surface area contributed by atoms with Gasteiger partial charge in [0.15, 0.2) is 11.5 Å². The molecule has 2 rings (SSSR count). The van der Waals surface area contributed by atoms with E-state index >= 15 is 0 Å². The number of aliphatic hydroxyl groups is 1. The first-order valence-corrected chi connectivity index (χ1v) is 4.58. The summed E-state index contributed by atoms with van der Waals surface area (Å²) in [5, 5.41) is 8.97. The Morgan fingerprint density at radius 1 is 1.36 bits per heavy atom. The van der Waals surface area contributed by atoms with Crippen LogP contribution in [-0.2, 0) is 0 Å². The largest absolute Gasteiger partial charge is 0.486 e. The van der Waals surface area contributed by atoms with Crippen LogP contribution in [-0.4, -0.2) is 24.9 Å². The lowest BCUT2D eigenvalue weighted by molar-refractivity contribution is 0.167. The molecule has 0 amide bonds. The zero-order chi connectivity index (χ0) is 9.97. The normalized spacial score (nSPS) is 16.4. The van der Waals surface area contributed by atoms with E-state index < -0.39 is 6.04 Å². The monoisotopic (exact) mass is 195 g/mol. The fourth-order valence-corrected chi connectivity index (χ4v) is 1.49. The molecule has 1 aliphatic heterocycles. The molecular formula is C10H13NO3. The average molecular weight is 195 g/mol. The number of ether oxygens (including phenoxy) is 2. The van der Waals surface area contributed by atoms with Crippen LogP contribution in [0.5, 0.6) is 11.5 Å². The van der Waals surface area contributed by atoms with Gasteiger partial charge in [-0.1, -0.05) is 12.1 Å². The highest BCUT2D eigenvalue weighted by molar-refractivity contribution is 5.48. The Hall–Kier alpha value is -1.26. The maximum Gasteiger partial charge on any atom is 0.166 e. The Kier molecular flexibility index (Phi) is 2.56. The second kappa shape index (κ2) is 3.86. The number of rotatable bonds is 2. The van der Waals surface area contributed by atoms with Crippen molar-refractivity contribution >= 4 is 0 Å². The van der Waals surface area contributed by atoms with Crippen LogP contribution in [0.3, 0.4) is 0 Å². The van der Waals surface area contributed by atoms with Crippen LogP contribution in [0.2, 0.25) is 0 Å². The molecule has 1 aromatic carbocycles. The zero-order valence-electron chi connectivity index (χ0n) is 7.77. The summed E-state index contributed by atoms with van der Waals surface area (Å²) in [6, 6.07) is 5.11. The maximum absolute atomic E-state index is 8.97. The van der Waals surface area contributed by atoms with Crippen molar-refractivity contribution in [3.05, 3.63) is 23.8 Å². The molecule has 3 N–H and O–H groups in total. The summed E-state index contributed by atoms with van der Waals surface area (Å²) < 4.78 is 10.9. The Balaban J connectivity index is 2.39. The van der Waals surface area contributed by atoms with Crippen molar-refractivity contribution in [2.75, 3.05) is 19.8 Å². The van der Waals surface area contributed by atoms with E-state index in [1.807, 2.05) is 18.2 Å². The van der Waals surface area contributed by atoms with E-state index in [0.717, 1.165) is 5.56 Å². The molecule has 1 aliphatic rings. The summed E-state index contributed by atoms with van der Waals surface area (Å²) in [5.41, 5.74) is 6.53. The minimum atomic E-state index is -0.411. The summed E-state index contributed by atoms with van der Waals surface area (Å²) >= 11 is 0. The predicted octanol–water partition coefficient (Wildman–Crippen LogP) is 0.450. The molecule has 0 fully saturated rings. The summed E-state index contributed by atoms with van der Waals surface area (Å²) in [6.07, 6.45) is 0. The van der Waals surface area contributed by atoms with E-state index in [2.05, 4.69) is 0 Å². The highest BCUT2D eigenvalue weighted by Crippen LogP contribution is 2.35. The average Bonchev–Trinajstić information content (AvgIpc) is 2.27. The Bertz CT molecular complexity index is 327. The van der Waals surface area contributed by atoms with Crippen molar-refractivity contribution in [2.24, 2.45) is 5.73 Å². The standard InChI is InChI=1S/C10H13NO3/c11-8(6-12)7-2-1-3-9-10(7)14-5-4-13-9/h1-3,8,12H,4-6,11H2/t8-/m1/s1. The molecule has 0 aromatic heterocycles. The number of hydrogen-bond donors (Lipinski definition) is 2. The smallest absolute Gasteiger partial charge is 0.166 e. The van der Waals surface area contributed by atoms with Crippen LogP contribution in [0.1, 0.15) is 11.6 Å². The summed E-state index contributed by atoms with van der Waals surface area (Å²) in [6.45, 7) is 0.993.